The number of nitrogens with zero attached hydrogens (tertiary/aromatic N) is 3. The van der Waals surface area contributed by atoms with Gasteiger partial charge in [-0.15, -0.1) is 0 Å². The van der Waals surface area contributed by atoms with E-state index in [4.69, 9.17) is 0 Å². The molecule has 1 amide bonds. The van der Waals surface area contributed by atoms with Gasteiger partial charge in [-0.25, -0.2) is 4.98 Å². The average Bonchev–Trinajstić information content (AvgIpc) is 2.49. The Balaban J connectivity index is 1.91. The van der Waals surface area contributed by atoms with E-state index in [0.29, 0.717) is 5.82 Å². The quantitative estimate of drug-likeness (QED) is 0.902. The number of carbonyl (C=O) groups is 1. The molecule has 0 aromatic carbocycles. The van der Waals surface area contributed by atoms with Gasteiger partial charge in [-0.3, -0.25) is 14.7 Å². The fraction of sp³-hybridized carbons (Fsp3) is 0.267. The first-order chi connectivity index (χ1) is 10.1. The van der Waals surface area contributed by atoms with Gasteiger partial charge in [0.1, 0.15) is 5.82 Å². The molecule has 0 spiro atoms. The molecule has 0 aliphatic rings. The van der Waals surface area contributed by atoms with E-state index in [2.05, 4.69) is 31.2 Å². The van der Waals surface area contributed by atoms with Crippen LogP contribution in [-0.2, 0) is 4.79 Å². The van der Waals surface area contributed by atoms with Gasteiger partial charge < -0.3 is 5.32 Å². The Morgan fingerprint density at radius 3 is 2.81 bits per heavy atom. The number of anilines is 1. The highest BCUT2D eigenvalue weighted by atomic mass is 79.9. The standard InChI is InChI=1S/C15H17BrN4O/c1-11(12-4-3-7-17-8-12)20(2)10-15(21)19-14-6-5-13(16)9-18-14/h3-9,11H,10H2,1-2H3,(H,18,19,21)/t11-/m0/s1. The summed E-state index contributed by atoms with van der Waals surface area (Å²) in [6, 6.07) is 7.60. The molecule has 0 radical (unpaired) electrons. The van der Waals surface area contributed by atoms with Crippen LogP contribution >= 0.6 is 15.9 Å². The molecule has 21 heavy (non-hydrogen) atoms. The number of nitrogens with one attached hydrogen (secondary N) is 1. The molecule has 5 nitrogen and oxygen atoms in total. The van der Waals surface area contributed by atoms with Crippen LogP contribution in [0.25, 0.3) is 0 Å². The predicted molar refractivity (Wildman–Crippen MR) is 85.8 cm³/mol. The minimum atomic E-state index is -0.0944. The molecule has 0 saturated carbocycles. The summed E-state index contributed by atoms with van der Waals surface area (Å²) in [4.78, 5) is 22.2. The maximum atomic E-state index is 12.0. The zero-order valence-electron chi connectivity index (χ0n) is 12.0. The second-order valence-electron chi connectivity index (χ2n) is 4.79. The van der Waals surface area contributed by atoms with Gasteiger partial charge in [-0.2, -0.15) is 0 Å². The molecule has 1 N–H and O–H groups in total. The summed E-state index contributed by atoms with van der Waals surface area (Å²) >= 11 is 3.31. The van der Waals surface area contributed by atoms with Gasteiger partial charge >= 0.3 is 0 Å². The third-order valence-electron chi connectivity index (χ3n) is 3.22. The molecule has 1 atom stereocenters. The lowest BCUT2D eigenvalue weighted by Crippen LogP contribution is -2.32. The Morgan fingerprint density at radius 2 is 2.19 bits per heavy atom. The van der Waals surface area contributed by atoms with Gasteiger partial charge in [-0.1, -0.05) is 6.07 Å². The third-order valence-corrected chi connectivity index (χ3v) is 3.68. The molecular formula is C15H17BrN4O. The predicted octanol–water partition coefficient (Wildman–Crippen LogP) is 2.87. The number of hydrogen-bond donors (Lipinski definition) is 1. The first kappa shape index (κ1) is 15.6. The lowest BCUT2D eigenvalue weighted by atomic mass is 10.1. The van der Waals surface area contributed by atoms with E-state index in [-0.39, 0.29) is 18.5 Å². The summed E-state index contributed by atoms with van der Waals surface area (Å²) in [5.74, 6) is 0.452. The number of aromatic nitrogens is 2. The fourth-order valence-electron chi connectivity index (χ4n) is 1.87. The largest absolute Gasteiger partial charge is 0.310 e. The number of amides is 1. The fourth-order valence-corrected chi connectivity index (χ4v) is 2.11. The maximum absolute atomic E-state index is 12.0. The van der Waals surface area contributed by atoms with Crippen LogP contribution in [0.4, 0.5) is 5.82 Å². The number of likely N-dealkylation sites (N-methyl/N-ethyl adjacent to an activating group) is 1. The monoisotopic (exact) mass is 348 g/mol. The molecule has 6 heteroatoms. The number of hydrogen-bond acceptors (Lipinski definition) is 4. The van der Waals surface area contributed by atoms with E-state index < -0.39 is 0 Å². The molecule has 0 bridgehead atoms. The Labute approximate surface area is 132 Å². The number of rotatable bonds is 5. The molecule has 2 heterocycles. The lowest BCUT2D eigenvalue weighted by Gasteiger charge is -2.24. The van der Waals surface area contributed by atoms with Crippen molar-refractivity contribution in [3.8, 4) is 0 Å². The topological polar surface area (TPSA) is 58.1 Å². The van der Waals surface area contributed by atoms with Crippen LogP contribution in [0.15, 0.2) is 47.3 Å². The van der Waals surface area contributed by atoms with Crippen molar-refractivity contribution in [2.24, 2.45) is 0 Å². The summed E-state index contributed by atoms with van der Waals surface area (Å²) in [5, 5.41) is 2.78. The van der Waals surface area contributed by atoms with E-state index in [1.165, 1.54) is 0 Å². The van der Waals surface area contributed by atoms with E-state index in [1.54, 1.807) is 18.5 Å². The van der Waals surface area contributed by atoms with Crippen LogP contribution in [0, 0.1) is 0 Å². The Kier molecular flexibility index (Phi) is 5.41. The normalized spacial score (nSPS) is 12.2. The first-order valence-electron chi connectivity index (χ1n) is 6.58. The minimum Gasteiger partial charge on any atom is -0.310 e. The van der Waals surface area contributed by atoms with Crippen molar-refractivity contribution in [3.63, 3.8) is 0 Å². The van der Waals surface area contributed by atoms with Crippen molar-refractivity contribution in [2.45, 2.75) is 13.0 Å². The maximum Gasteiger partial charge on any atom is 0.239 e. The molecule has 0 aliphatic heterocycles. The lowest BCUT2D eigenvalue weighted by molar-refractivity contribution is -0.117. The zero-order valence-corrected chi connectivity index (χ0v) is 13.5. The van der Waals surface area contributed by atoms with Crippen molar-refractivity contribution >= 4 is 27.7 Å². The molecular weight excluding hydrogens is 332 g/mol. The molecule has 0 saturated heterocycles. The number of pyridine rings is 2. The summed E-state index contributed by atoms with van der Waals surface area (Å²) in [5.41, 5.74) is 1.08. The van der Waals surface area contributed by atoms with Crippen LogP contribution < -0.4 is 5.32 Å². The van der Waals surface area contributed by atoms with Crippen LogP contribution in [0.1, 0.15) is 18.5 Å². The van der Waals surface area contributed by atoms with E-state index in [0.717, 1.165) is 10.0 Å². The molecule has 2 aromatic rings. The van der Waals surface area contributed by atoms with E-state index >= 15 is 0 Å². The zero-order chi connectivity index (χ0) is 15.2. The van der Waals surface area contributed by atoms with Crippen molar-refractivity contribution in [2.75, 3.05) is 18.9 Å². The molecule has 0 unspecified atom stereocenters. The van der Waals surface area contributed by atoms with Crippen LogP contribution in [0.2, 0.25) is 0 Å². The van der Waals surface area contributed by atoms with Gasteiger partial charge in [0.05, 0.1) is 6.54 Å². The van der Waals surface area contributed by atoms with Crippen molar-refractivity contribution in [3.05, 3.63) is 52.9 Å². The first-order valence-corrected chi connectivity index (χ1v) is 7.37. The number of halogens is 1. The van der Waals surface area contributed by atoms with Crippen molar-refractivity contribution in [1.82, 2.24) is 14.9 Å². The summed E-state index contributed by atoms with van der Waals surface area (Å²) in [6.07, 6.45) is 5.20. The van der Waals surface area contributed by atoms with Crippen molar-refractivity contribution < 1.29 is 4.79 Å². The Morgan fingerprint density at radius 1 is 1.38 bits per heavy atom. The molecule has 0 fully saturated rings. The third kappa shape index (κ3) is 4.61. The molecule has 2 aromatic heterocycles. The van der Waals surface area contributed by atoms with E-state index in [9.17, 15) is 4.79 Å². The average molecular weight is 349 g/mol. The highest BCUT2D eigenvalue weighted by Crippen LogP contribution is 2.17. The summed E-state index contributed by atoms with van der Waals surface area (Å²) in [6.45, 7) is 2.33. The Hall–Kier alpha value is -1.79. The van der Waals surface area contributed by atoms with Crippen LogP contribution in [0.5, 0.6) is 0 Å². The van der Waals surface area contributed by atoms with Gasteiger partial charge in [0.25, 0.3) is 0 Å². The van der Waals surface area contributed by atoms with E-state index in [1.807, 2.05) is 43.3 Å². The van der Waals surface area contributed by atoms with Crippen LogP contribution in [-0.4, -0.2) is 34.4 Å². The highest BCUT2D eigenvalue weighted by molar-refractivity contribution is 9.10. The van der Waals surface area contributed by atoms with Gasteiger partial charge in [0.15, 0.2) is 0 Å². The second kappa shape index (κ2) is 7.28. The summed E-state index contributed by atoms with van der Waals surface area (Å²) < 4.78 is 0.878. The Bertz CT molecular complexity index is 588. The molecule has 110 valence electrons. The smallest absolute Gasteiger partial charge is 0.239 e. The van der Waals surface area contributed by atoms with Gasteiger partial charge in [0.2, 0.25) is 5.91 Å². The van der Waals surface area contributed by atoms with Crippen molar-refractivity contribution in [1.29, 1.82) is 0 Å². The minimum absolute atomic E-state index is 0.0944. The molecule has 0 aliphatic carbocycles. The highest BCUT2D eigenvalue weighted by Gasteiger charge is 2.15. The summed E-state index contributed by atoms with van der Waals surface area (Å²) in [7, 11) is 1.91. The van der Waals surface area contributed by atoms with Gasteiger partial charge in [0, 0.05) is 29.1 Å². The van der Waals surface area contributed by atoms with Crippen LogP contribution in [0.3, 0.4) is 0 Å². The number of carbonyl (C=O) groups excluding carboxylic acids is 1. The van der Waals surface area contributed by atoms with Gasteiger partial charge in [-0.05, 0) is 53.7 Å². The SMILES string of the molecule is C[C@@H](c1cccnc1)N(C)CC(=O)Nc1ccc(Br)cn1. The molecule has 2 rings (SSSR count). The second-order valence-corrected chi connectivity index (χ2v) is 5.70.